The molecule has 2 heterocycles. The summed E-state index contributed by atoms with van der Waals surface area (Å²) in [5, 5.41) is 2.54. The van der Waals surface area contributed by atoms with Gasteiger partial charge in [-0.1, -0.05) is 13.8 Å². The number of amides is 1. The first-order chi connectivity index (χ1) is 12.6. The third-order valence-electron chi connectivity index (χ3n) is 3.51. The molecule has 0 radical (unpaired) electrons. The van der Waals surface area contributed by atoms with Crippen LogP contribution in [0.25, 0.3) is 0 Å². The third kappa shape index (κ3) is 9.50. The van der Waals surface area contributed by atoms with E-state index in [0.29, 0.717) is 18.5 Å². The molecule has 1 aliphatic rings. The fraction of sp³-hybridized carbons (Fsp3) is 0.647. The zero-order chi connectivity index (χ0) is 20.5. The highest BCUT2D eigenvalue weighted by Gasteiger charge is 2.35. The van der Waals surface area contributed by atoms with Crippen molar-refractivity contribution in [2.75, 3.05) is 26.2 Å². The van der Waals surface area contributed by atoms with Crippen LogP contribution in [0.1, 0.15) is 32.3 Å². The first-order valence-electron chi connectivity index (χ1n) is 8.64. The Morgan fingerprint density at radius 3 is 2.70 bits per heavy atom. The number of piperidine rings is 1. The van der Waals surface area contributed by atoms with Crippen molar-refractivity contribution in [3.05, 3.63) is 23.9 Å². The molecule has 1 saturated heterocycles. The van der Waals surface area contributed by atoms with Crippen molar-refractivity contribution in [2.45, 2.75) is 45.3 Å². The molecule has 2 rings (SSSR count). The number of aromatic nitrogens is 1. The lowest BCUT2D eigenvalue weighted by Crippen LogP contribution is -2.46. The Bertz CT molecular complexity index is 596. The summed E-state index contributed by atoms with van der Waals surface area (Å²) in [6.07, 6.45) is -3.06. The van der Waals surface area contributed by atoms with Crippen LogP contribution >= 0.6 is 0 Å². The van der Waals surface area contributed by atoms with Gasteiger partial charge in [0, 0.05) is 25.2 Å². The monoisotopic (exact) mass is 397 g/mol. The number of alkyl halides is 5. The Morgan fingerprint density at radius 2 is 2.07 bits per heavy atom. The highest BCUT2D eigenvalue weighted by molar-refractivity contribution is 5.78. The number of likely N-dealkylation sites (tertiary alicyclic amines) is 1. The second-order valence-electron chi connectivity index (χ2n) is 5.85. The van der Waals surface area contributed by atoms with Crippen LogP contribution in [-0.2, 0) is 11.3 Å². The number of carbonyl (C=O) groups is 1. The van der Waals surface area contributed by atoms with Gasteiger partial charge in [-0.2, -0.15) is 13.2 Å². The molecule has 5 nitrogen and oxygen atoms in total. The van der Waals surface area contributed by atoms with Gasteiger partial charge in [-0.15, -0.1) is 0 Å². The molecule has 1 amide bonds. The van der Waals surface area contributed by atoms with Crippen LogP contribution in [0.2, 0.25) is 0 Å². The number of ether oxygens (including phenoxy) is 1. The van der Waals surface area contributed by atoms with Gasteiger partial charge in [-0.3, -0.25) is 9.69 Å². The number of rotatable bonds is 6. The zero-order valence-corrected chi connectivity index (χ0v) is 15.3. The Balaban J connectivity index is 0.00000176. The van der Waals surface area contributed by atoms with E-state index < -0.39 is 31.2 Å². The van der Waals surface area contributed by atoms with E-state index in [1.54, 1.807) is 0 Å². The molecule has 0 aromatic carbocycles. The van der Waals surface area contributed by atoms with Crippen molar-refractivity contribution in [2.24, 2.45) is 0 Å². The number of hydrogen-bond donors (Lipinski definition) is 1. The average molecular weight is 397 g/mol. The highest BCUT2D eigenvalue weighted by Crippen LogP contribution is 2.26. The number of nitrogens with zero attached hydrogens (tertiary/aromatic N) is 2. The molecule has 154 valence electrons. The fourth-order valence-electron chi connectivity index (χ4n) is 2.44. The molecule has 0 bridgehead atoms. The minimum absolute atomic E-state index is 0.0357. The molecule has 0 saturated carbocycles. The number of hydrogen-bond acceptors (Lipinski definition) is 4. The molecular weight excluding hydrogens is 373 g/mol. The van der Waals surface area contributed by atoms with Crippen molar-refractivity contribution < 1.29 is 31.5 Å². The number of halogens is 5. The van der Waals surface area contributed by atoms with Crippen LogP contribution in [0.15, 0.2) is 18.3 Å². The van der Waals surface area contributed by atoms with Crippen LogP contribution in [0.3, 0.4) is 0 Å². The largest absolute Gasteiger partial charge is 0.468 e. The summed E-state index contributed by atoms with van der Waals surface area (Å²) < 4.78 is 67.4. The van der Waals surface area contributed by atoms with Gasteiger partial charge in [-0.25, -0.2) is 13.8 Å². The maximum atomic E-state index is 13.3. The van der Waals surface area contributed by atoms with E-state index in [0.717, 1.165) is 0 Å². The summed E-state index contributed by atoms with van der Waals surface area (Å²) in [6.45, 7) is 2.39. The SMILES string of the molecule is CC.O=C(CN1CCCC(F)(F)C1)NCc1ccnc(OCC(F)(F)F)c1. The predicted molar refractivity (Wildman–Crippen MR) is 89.6 cm³/mol. The summed E-state index contributed by atoms with van der Waals surface area (Å²) in [6, 6.07) is 2.79. The molecule has 1 N–H and O–H groups in total. The Labute approximate surface area is 154 Å². The minimum atomic E-state index is -4.47. The molecule has 1 aromatic rings. The van der Waals surface area contributed by atoms with Crippen LogP contribution in [0, 0.1) is 0 Å². The molecule has 1 aliphatic heterocycles. The van der Waals surface area contributed by atoms with Gasteiger partial charge < -0.3 is 10.1 Å². The molecule has 0 unspecified atom stereocenters. The molecule has 0 spiro atoms. The standard InChI is InChI=1S/C15H18F5N3O2.C2H6/c16-14(17)3-1-5-23(9-14)8-12(24)22-7-11-2-4-21-13(6-11)25-10-15(18,19)20;1-2/h2,4,6H,1,3,5,7-10H2,(H,22,24);1-2H3. The van der Waals surface area contributed by atoms with Crippen LogP contribution in [0.4, 0.5) is 22.0 Å². The lowest BCUT2D eigenvalue weighted by Gasteiger charge is -2.31. The van der Waals surface area contributed by atoms with E-state index in [1.807, 2.05) is 13.8 Å². The molecule has 0 aliphatic carbocycles. The van der Waals surface area contributed by atoms with Crippen LogP contribution < -0.4 is 10.1 Å². The van der Waals surface area contributed by atoms with Crippen LogP contribution in [-0.4, -0.2) is 54.1 Å². The lowest BCUT2D eigenvalue weighted by atomic mass is 10.1. The van der Waals surface area contributed by atoms with E-state index in [-0.39, 0.29) is 25.4 Å². The molecule has 10 heteroatoms. The summed E-state index contributed by atoms with van der Waals surface area (Å²) in [5.74, 6) is -3.43. The van der Waals surface area contributed by atoms with Gasteiger partial charge in [0.05, 0.1) is 13.1 Å². The normalized spacial score (nSPS) is 16.9. The summed E-state index contributed by atoms with van der Waals surface area (Å²) in [5.41, 5.74) is 0.490. The van der Waals surface area contributed by atoms with Crippen molar-refractivity contribution in [1.82, 2.24) is 15.2 Å². The molecule has 1 fully saturated rings. The Kier molecular flexibility index (Phi) is 8.87. The summed E-state index contributed by atoms with van der Waals surface area (Å²) in [7, 11) is 0. The zero-order valence-electron chi connectivity index (χ0n) is 15.3. The van der Waals surface area contributed by atoms with Gasteiger partial charge in [-0.05, 0) is 24.6 Å². The van der Waals surface area contributed by atoms with E-state index in [1.165, 1.54) is 23.2 Å². The van der Waals surface area contributed by atoms with Crippen molar-refractivity contribution in [1.29, 1.82) is 0 Å². The summed E-state index contributed by atoms with van der Waals surface area (Å²) >= 11 is 0. The van der Waals surface area contributed by atoms with Gasteiger partial charge in [0.15, 0.2) is 6.61 Å². The second kappa shape index (κ2) is 10.4. The number of pyridine rings is 1. The third-order valence-corrected chi connectivity index (χ3v) is 3.51. The minimum Gasteiger partial charge on any atom is -0.468 e. The van der Waals surface area contributed by atoms with Gasteiger partial charge in [0.2, 0.25) is 11.8 Å². The maximum Gasteiger partial charge on any atom is 0.422 e. The average Bonchev–Trinajstić information content (AvgIpc) is 2.59. The second-order valence-corrected chi connectivity index (χ2v) is 5.85. The van der Waals surface area contributed by atoms with Gasteiger partial charge in [0.1, 0.15) is 0 Å². The van der Waals surface area contributed by atoms with E-state index in [9.17, 15) is 26.7 Å². The number of nitrogens with one attached hydrogen (secondary N) is 1. The van der Waals surface area contributed by atoms with Crippen LogP contribution in [0.5, 0.6) is 5.88 Å². The van der Waals surface area contributed by atoms with E-state index in [4.69, 9.17) is 0 Å². The summed E-state index contributed by atoms with van der Waals surface area (Å²) in [4.78, 5) is 16.9. The quantitative estimate of drug-likeness (QED) is 0.748. The van der Waals surface area contributed by atoms with Crippen molar-refractivity contribution in [3.63, 3.8) is 0 Å². The van der Waals surface area contributed by atoms with Gasteiger partial charge >= 0.3 is 6.18 Å². The number of carbonyl (C=O) groups excluding carboxylic acids is 1. The Hall–Kier alpha value is -1.97. The van der Waals surface area contributed by atoms with E-state index in [2.05, 4.69) is 15.0 Å². The Morgan fingerprint density at radius 1 is 1.37 bits per heavy atom. The predicted octanol–water partition coefficient (Wildman–Crippen LogP) is 3.40. The smallest absolute Gasteiger partial charge is 0.422 e. The lowest BCUT2D eigenvalue weighted by molar-refractivity contribution is -0.154. The van der Waals surface area contributed by atoms with Crippen molar-refractivity contribution in [3.8, 4) is 5.88 Å². The molecule has 0 atom stereocenters. The first kappa shape index (κ1) is 23.1. The van der Waals surface area contributed by atoms with E-state index >= 15 is 0 Å². The van der Waals surface area contributed by atoms with Gasteiger partial charge in [0.25, 0.3) is 5.92 Å². The first-order valence-corrected chi connectivity index (χ1v) is 8.64. The highest BCUT2D eigenvalue weighted by atomic mass is 19.4. The molecular formula is C17H24F5N3O2. The van der Waals surface area contributed by atoms with Crippen molar-refractivity contribution >= 4 is 5.91 Å². The fourth-order valence-corrected chi connectivity index (χ4v) is 2.44. The topological polar surface area (TPSA) is 54.5 Å². The molecule has 27 heavy (non-hydrogen) atoms. The molecule has 1 aromatic heterocycles. The maximum absolute atomic E-state index is 13.3.